The highest BCUT2D eigenvalue weighted by atomic mass is 16.5. The zero-order valence-electron chi connectivity index (χ0n) is 7.65. The summed E-state index contributed by atoms with van der Waals surface area (Å²) in [6.07, 6.45) is 1.25. The molecule has 0 unspecified atom stereocenters. The number of aromatic nitrogens is 2. The van der Waals surface area contributed by atoms with E-state index in [2.05, 4.69) is 4.74 Å². The average molecular weight is 198 g/mol. The van der Waals surface area contributed by atoms with Crippen LogP contribution in [0.1, 0.15) is 6.92 Å². The van der Waals surface area contributed by atoms with Gasteiger partial charge in [-0.2, -0.15) is 0 Å². The quantitative estimate of drug-likeness (QED) is 0.638. The molecule has 6 heteroatoms. The lowest BCUT2D eigenvalue weighted by Crippen LogP contribution is -2.31. The Labute approximate surface area is 79.1 Å². The van der Waals surface area contributed by atoms with E-state index in [9.17, 15) is 14.4 Å². The molecule has 0 aromatic carbocycles. The van der Waals surface area contributed by atoms with Crippen molar-refractivity contribution in [1.29, 1.82) is 0 Å². The van der Waals surface area contributed by atoms with Crippen molar-refractivity contribution in [1.82, 2.24) is 9.55 Å². The highest BCUT2D eigenvalue weighted by Crippen LogP contribution is 1.82. The molecular weight excluding hydrogens is 188 g/mol. The van der Waals surface area contributed by atoms with Gasteiger partial charge < -0.3 is 4.74 Å². The largest absolute Gasteiger partial charge is 0.465 e. The van der Waals surface area contributed by atoms with Gasteiger partial charge >= 0.3 is 11.7 Å². The van der Waals surface area contributed by atoms with Crippen molar-refractivity contribution in [2.24, 2.45) is 0 Å². The molecule has 0 fully saturated rings. The molecule has 1 aromatic rings. The van der Waals surface area contributed by atoms with Crippen molar-refractivity contribution in [2.75, 3.05) is 6.61 Å². The number of rotatable bonds is 3. The molecule has 0 aliphatic heterocycles. The predicted octanol–water partition coefficient (Wildman–Crippen LogP) is -0.900. The van der Waals surface area contributed by atoms with E-state index in [-0.39, 0.29) is 13.2 Å². The minimum Gasteiger partial charge on any atom is -0.465 e. The first-order valence-corrected chi connectivity index (χ1v) is 4.09. The van der Waals surface area contributed by atoms with E-state index >= 15 is 0 Å². The first-order valence-electron chi connectivity index (χ1n) is 4.09. The smallest absolute Gasteiger partial charge is 0.328 e. The van der Waals surface area contributed by atoms with Gasteiger partial charge in [0.15, 0.2) is 0 Å². The number of carbonyl (C=O) groups is 1. The van der Waals surface area contributed by atoms with Crippen molar-refractivity contribution in [3.8, 4) is 0 Å². The molecule has 0 amide bonds. The third kappa shape index (κ3) is 2.58. The first-order chi connectivity index (χ1) is 6.63. The highest BCUT2D eigenvalue weighted by Gasteiger charge is 2.04. The van der Waals surface area contributed by atoms with Crippen LogP contribution >= 0.6 is 0 Å². The maximum Gasteiger partial charge on any atom is 0.328 e. The lowest BCUT2D eigenvalue weighted by atomic mass is 10.5. The van der Waals surface area contributed by atoms with Crippen LogP contribution in [-0.2, 0) is 16.1 Å². The van der Waals surface area contributed by atoms with Gasteiger partial charge in [0, 0.05) is 12.3 Å². The summed E-state index contributed by atoms with van der Waals surface area (Å²) in [4.78, 5) is 34.8. The molecule has 6 nitrogen and oxygen atoms in total. The zero-order chi connectivity index (χ0) is 10.6. The Balaban J connectivity index is 2.82. The number of hydrogen-bond donors (Lipinski definition) is 1. The lowest BCUT2D eigenvalue weighted by Gasteiger charge is -2.03. The molecule has 0 aliphatic carbocycles. The zero-order valence-corrected chi connectivity index (χ0v) is 7.65. The Hall–Kier alpha value is -1.85. The third-order valence-electron chi connectivity index (χ3n) is 1.50. The number of nitrogens with zero attached hydrogens (tertiary/aromatic N) is 1. The van der Waals surface area contributed by atoms with Crippen molar-refractivity contribution in [3.05, 3.63) is 33.1 Å². The van der Waals surface area contributed by atoms with Gasteiger partial charge in [-0.3, -0.25) is 19.1 Å². The van der Waals surface area contributed by atoms with E-state index in [1.54, 1.807) is 6.92 Å². The second-order valence-corrected chi connectivity index (χ2v) is 2.54. The van der Waals surface area contributed by atoms with Crippen LogP contribution < -0.4 is 11.2 Å². The Morgan fingerprint density at radius 3 is 2.86 bits per heavy atom. The number of esters is 1. The number of H-pyrrole nitrogens is 1. The number of ether oxygens (including phenoxy) is 1. The second-order valence-electron chi connectivity index (χ2n) is 2.54. The molecule has 1 heterocycles. The van der Waals surface area contributed by atoms with Crippen LogP contribution in [0, 0.1) is 0 Å². The second kappa shape index (κ2) is 4.40. The monoisotopic (exact) mass is 198 g/mol. The molecule has 1 rings (SSSR count). The maximum absolute atomic E-state index is 11.1. The van der Waals surface area contributed by atoms with Crippen molar-refractivity contribution in [2.45, 2.75) is 13.5 Å². The number of aromatic amines is 1. The van der Waals surface area contributed by atoms with Crippen LogP contribution in [0.15, 0.2) is 21.9 Å². The summed E-state index contributed by atoms with van der Waals surface area (Å²) in [5.41, 5.74) is -1.11. The molecule has 1 N–H and O–H groups in total. The van der Waals surface area contributed by atoms with E-state index in [1.807, 2.05) is 4.98 Å². The topological polar surface area (TPSA) is 81.2 Å². The molecular formula is C8H10N2O4. The van der Waals surface area contributed by atoms with E-state index in [1.165, 1.54) is 12.3 Å². The molecule has 0 bridgehead atoms. The Morgan fingerprint density at radius 1 is 1.57 bits per heavy atom. The van der Waals surface area contributed by atoms with Gasteiger partial charge in [-0.15, -0.1) is 0 Å². The minimum absolute atomic E-state index is 0.191. The van der Waals surface area contributed by atoms with Crippen molar-refractivity contribution in [3.63, 3.8) is 0 Å². The van der Waals surface area contributed by atoms with E-state index in [4.69, 9.17) is 0 Å². The van der Waals surface area contributed by atoms with Gasteiger partial charge in [0.25, 0.3) is 5.56 Å². The van der Waals surface area contributed by atoms with Crippen LogP contribution in [0.3, 0.4) is 0 Å². The van der Waals surface area contributed by atoms with E-state index in [0.29, 0.717) is 0 Å². The van der Waals surface area contributed by atoms with Crippen molar-refractivity contribution < 1.29 is 9.53 Å². The molecule has 0 saturated heterocycles. The summed E-state index contributed by atoms with van der Waals surface area (Å²) in [6, 6.07) is 1.17. The van der Waals surface area contributed by atoms with Crippen LogP contribution in [0.5, 0.6) is 0 Å². The SMILES string of the molecule is CCOC(=O)Cn1ccc(=O)[nH]c1=O. The van der Waals surface area contributed by atoms with E-state index < -0.39 is 17.2 Å². The highest BCUT2D eigenvalue weighted by molar-refractivity contribution is 5.69. The first kappa shape index (κ1) is 10.2. The van der Waals surface area contributed by atoms with Crippen LogP contribution in [-0.4, -0.2) is 22.1 Å². The molecule has 0 spiro atoms. The summed E-state index contributed by atoms with van der Waals surface area (Å²) in [5, 5.41) is 0. The summed E-state index contributed by atoms with van der Waals surface area (Å²) < 4.78 is 5.71. The van der Waals surface area contributed by atoms with Gasteiger partial charge in [-0.1, -0.05) is 0 Å². The Bertz CT molecular complexity index is 431. The van der Waals surface area contributed by atoms with E-state index in [0.717, 1.165) is 4.57 Å². The number of nitrogens with one attached hydrogen (secondary N) is 1. The molecule has 0 radical (unpaired) electrons. The summed E-state index contributed by atoms with van der Waals surface area (Å²) in [6.45, 7) is 1.74. The van der Waals surface area contributed by atoms with Gasteiger partial charge in [-0.25, -0.2) is 4.79 Å². The van der Waals surface area contributed by atoms with Gasteiger partial charge in [0.2, 0.25) is 0 Å². The fourth-order valence-corrected chi connectivity index (χ4v) is 0.914. The van der Waals surface area contributed by atoms with Crippen LogP contribution in [0.4, 0.5) is 0 Å². The van der Waals surface area contributed by atoms with Gasteiger partial charge in [0.1, 0.15) is 6.54 Å². The summed E-state index contributed by atoms with van der Waals surface area (Å²) in [5.74, 6) is -0.512. The lowest BCUT2D eigenvalue weighted by molar-refractivity contribution is -0.143. The molecule has 0 aliphatic rings. The molecule has 1 aromatic heterocycles. The summed E-state index contributed by atoms with van der Waals surface area (Å²) >= 11 is 0. The van der Waals surface area contributed by atoms with Gasteiger partial charge in [0.05, 0.1) is 6.61 Å². The number of carbonyl (C=O) groups excluding carboxylic acids is 1. The Kier molecular flexibility index (Phi) is 3.22. The normalized spacial score (nSPS) is 9.79. The average Bonchev–Trinajstić information content (AvgIpc) is 2.10. The molecule has 76 valence electrons. The standard InChI is InChI=1S/C8H10N2O4/c1-2-14-7(12)5-10-4-3-6(11)9-8(10)13/h3-4H,2,5H2,1H3,(H,9,11,13). The van der Waals surface area contributed by atoms with Crippen LogP contribution in [0.2, 0.25) is 0 Å². The van der Waals surface area contributed by atoms with Crippen molar-refractivity contribution >= 4 is 5.97 Å². The fourth-order valence-electron chi connectivity index (χ4n) is 0.914. The predicted molar refractivity (Wildman–Crippen MR) is 48.0 cm³/mol. The van der Waals surface area contributed by atoms with Gasteiger partial charge in [-0.05, 0) is 6.92 Å². The maximum atomic E-state index is 11.1. The van der Waals surface area contributed by atoms with Crippen LogP contribution in [0.25, 0.3) is 0 Å². The molecule has 14 heavy (non-hydrogen) atoms. The molecule has 0 saturated carbocycles. The fraction of sp³-hybridized carbons (Fsp3) is 0.375. The summed E-state index contributed by atoms with van der Waals surface area (Å²) in [7, 11) is 0. The minimum atomic E-state index is -0.620. The molecule has 0 atom stereocenters. The Morgan fingerprint density at radius 2 is 2.29 bits per heavy atom. The number of hydrogen-bond acceptors (Lipinski definition) is 4. The third-order valence-corrected chi connectivity index (χ3v) is 1.50.